The Bertz CT molecular complexity index is 940. The smallest absolute Gasteiger partial charge is 0.412 e. The van der Waals surface area contributed by atoms with Crippen LogP contribution >= 0.6 is 0 Å². The summed E-state index contributed by atoms with van der Waals surface area (Å²) in [6.07, 6.45) is 3.21. The molecule has 0 unspecified atom stereocenters. The number of anilines is 1. The van der Waals surface area contributed by atoms with Crippen molar-refractivity contribution in [3.63, 3.8) is 0 Å². The normalized spacial score (nSPS) is 11.2. The summed E-state index contributed by atoms with van der Waals surface area (Å²) in [4.78, 5) is 28.7. The minimum Gasteiger partial charge on any atom is -0.444 e. The summed E-state index contributed by atoms with van der Waals surface area (Å²) in [6.45, 7) is 5.67. The van der Waals surface area contributed by atoms with Gasteiger partial charge in [0.25, 0.3) is 5.91 Å². The molecule has 0 bridgehead atoms. The van der Waals surface area contributed by atoms with Gasteiger partial charge >= 0.3 is 6.09 Å². The Labute approximate surface area is 157 Å². The molecule has 2 N–H and O–H groups in total. The van der Waals surface area contributed by atoms with Gasteiger partial charge in [0.2, 0.25) is 0 Å². The van der Waals surface area contributed by atoms with Crippen molar-refractivity contribution < 1.29 is 14.3 Å². The van der Waals surface area contributed by atoms with Crippen LogP contribution in [0.25, 0.3) is 5.65 Å². The Morgan fingerprint density at radius 3 is 2.70 bits per heavy atom. The van der Waals surface area contributed by atoms with E-state index in [-0.39, 0.29) is 5.91 Å². The van der Waals surface area contributed by atoms with Gasteiger partial charge in [-0.25, -0.2) is 9.78 Å². The molecule has 0 saturated heterocycles. The number of carbonyl (C=O) groups excluding carboxylic acids is 2. The maximum atomic E-state index is 12.4. The summed E-state index contributed by atoms with van der Waals surface area (Å²) < 4.78 is 7.11. The Balaban J connectivity index is 1.62. The fourth-order valence-corrected chi connectivity index (χ4v) is 2.50. The van der Waals surface area contributed by atoms with E-state index < -0.39 is 11.7 Å². The number of hydrogen-bond acceptors (Lipinski definition) is 4. The van der Waals surface area contributed by atoms with Gasteiger partial charge in [0, 0.05) is 23.6 Å². The van der Waals surface area contributed by atoms with Crippen molar-refractivity contribution in [1.82, 2.24) is 14.7 Å². The van der Waals surface area contributed by atoms with Crippen LogP contribution in [0.15, 0.2) is 54.9 Å². The Morgan fingerprint density at radius 2 is 1.96 bits per heavy atom. The summed E-state index contributed by atoms with van der Waals surface area (Å²) in [6, 6.07) is 12.4. The monoisotopic (exact) mass is 366 g/mol. The van der Waals surface area contributed by atoms with Gasteiger partial charge in [0.15, 0.2) is 0 Å². The molecule has 0 aliphatic carbocycles. The second-order valence-electron chi connectivity index (χ2n) is 7.09. The van der Waals surface area contributed by atoms with E-state index in [0.717, 1.165) is 11.3 Å². The van der Waals surface area contributed by atoms with Gasteiger partial charge in [-0.3, -0.25) is 10.1 Å². The first-order chi connectivity index (χ1) is 12.8. The first kappa shape index (κ1) is 18.4. The van der Waals surface area contributed by atoms with E-state index in [4.69, 9.17) is 4.74 Å². The lowest BCUT2D eigenvalue weighted by molar-refractivity contribution is 0.0635. The molecule has 7 heteroatoms. The van der Waals surface area contributed by atoms with Gasteiger partial charge in [-0.15, -0.1) is 0 Å². The van der Waals surface area contributed by atoms with Crippen molar-refractivity contribution in [3.8, 4) is 0 Å². The topological polar surface area (TPSA) is 84.7 Å². The zero-order valence-electron chi connectivity index (χ0n) is 15.5. The molecule has 2 aromatic heterocycles. The van der Waals surface area contributed by atoms with Gasteiger partial charge in [0.05, 0.1) is 12.2 Å². The number of ether oxygens (including phenoxy) is 1. The predicted octanol–water partition coefficient (Wildman–Crippen LogP) is 3.61. The maximum Gasteiger partial charge on any atom is 0.412 e. The molecular formula is C20H22N4O3. The number of aromatic nitrogens is 2. The van der Waals surface area contributed by atoms with Crippen LogP contribution in [-0.2, 0) is 11.3 Å². The van der Waals surface area contributed by atoms with Crippen molar-refractivity contribution in [2.45, 2.75) is 32.9 Å². The zero-order valence-corrected chi connectivity index (χ0v) is 15.5. The van der Waals surface area contributed by atoms with Gasteiger partial charge < -0.3 is 14.5 Å². The highest BCUT2D eigenvalue weighted by molar-refractivity contribution is 5.96. The highest BCUT2D eigenvalue weighted by Crippen LogP contribution is 2.14. The molecule has 27 heavy (non-hydrogen) atoms. The number of pyridine rings is 1. The van der Waals surface area contributed by atoms with Gasteiger partial charge in [0.1, 0.15) is 11.2 Å². The quantitative estimate of drug-likeness (QED) is 0.739. The minimum atomic E-state index is -0.590. The molecule has 3 aromatic rings. The van der Waals surface area contributed by atoms with Crippen molar-refractivity contribution in [2.24, 2.45) is 0 Å². The molecule has 0 radical (unpaired) electrons. The maximum absolute atomic E-state index is 12.4. The number of nitrogens with zero attached hydrogens (tertiary/aromatic N) is 2. The summed E-state index contributed by atoms with van der Waals surface area (Å²) in [7, 11) is 0. The van der Waals surface area contributed by atoms with Crippen LogP contribution in [0.3, 0.4) is 0 Å². The average Bonchev–Trinajstić information content (AvgIpc) is 3.01. The molecule has 140 valence electrons. The number of rotatable bonds is 4. The third-order valence-electron chi connectivity index (χ3n) is 3.61. The van der Waals surface area contributed by atoms with E-state index in [9.17, 15) is 9.59 Å². The van der Waals surface area contributed by atoms with Crippen LogP contribution < -0.4 is 10.6 Å². The molecule has 0 saturated carbocycles. The molecule has 0 aliphatic heterocycles. The fourth-order valence-electron chi connectivity index (χ4n) is 2.50. The van der Waals surface area contributed by atoms with Crippen molar-refractivity contribution in [2.75, 3.05) is 5.32 Å². The third kappa shape index (κ3) is 5.07. The third-order valence-corrected chi connectivity index (χ3v) is 3.61. The molecule has 3 rings (SSSR count). The van der Waals surface area contributed by atoms with Crippen molar-refractivity contribution in [3.05, 3.63) is 66.1 Å². The van der Waals surface area contributed by atoms with Crippen LogP contribution in [0, 0.1) is 0 Å². The Morgan fingerprint density at radius 1 is 1.15 bits per heavy atom. The first-order valence-electron chi connectivity index (χ1n) is 8.61. The first-order valence-corrected chi connectivity index (χ1v) is 8.61. The minimum absolute atomic E-state index is 0.250. The van der Waals surface area contributed by atoms with Crippen molar-refractivity contribution in [1.29, 1.82) is 0 Å². The Kier molecular flexibility index (Phi) is 5.12. The summed E-state index contributed by atoms with van der Waals surface area (Å²) >= 11 is 0. The van der Waals surface area contributed by atoms with E-state index in [2.05, 4.69) is 15.6 Å². The van der Waals surface area contributed by atoms with Crippen LogP contribution in [0.1, 0.15) is 36.8 Å². The van der Waals surface area contributed by atoms with Crippen LogP contribution in [0.4, 0.5) is 10.5 Å². The highest BCUT2D eigenvalue weighted by atomic mass is 16.6. The second kappa shape index (κ2) is 7.49. The van der Waals surface area contributed by atoms with E-state index in [1.807, 2.05) is 35.0 Å². The molecule has 7 nitrogen and oxygen atoms in total. The van der Waals surface area contributed by atoms with Crippen molar-refractivity contribution >= 4 is 23.3 Å². The number of imidazole rings is 1. The molecular weight excluding hydrogens is 344 g/mol. The number of fused-ring (bicyclic) bond motifs is 1. The highest BCUT2D eigenvalue weighted by Gasteiger charge is 2.16. The predicted molar refractivity (Wildman–Crippen MR) is 103 cm³/mol. The Hall–Kier alpha value is -3.35. The fraction of sp³-hybridized carbons (Fsp3) is 0.250. The van der Waals surface area contributed by atoms with Gasteiger partial charge in [-0.2, -0.15) is 0 Å². The SMILES string of the molecule is CC(C)(C)OC(=O)Nc1cccc(C(=O)NCc2cn3ccccc3n2)c1. The van der Waals surface area contributed by atoms with Gasteiger partial charge in [-0.1, -0.05) is 12.1 Å². The van der Waals surface area contributed by atoms with E-state index >= 15 is 0 Å². The molecule has 1 aromatic carbocycles. The summed E-state index contributed by atoms with van der Waals surface area (Å²) in [5, 5.41) is 5.46. The molecule has 0 spiro atoms. The average molecular weight is 366 g/mol. The summed E-state index contributed by atoms with van der Waals surface area (Å²) in [5.41, 5.74) is 1.92. The molecule has 0 aliphatic rings. The van der Waals surface area contributed by atoms with E-state index in [0.29, 0.717) is 17.8 Å². The molecule has 2 amide bonds. The summed E-state index contributed by atoms with van der Waals surface area (Å²) in [5.74, 6) is -0.250. The largest absolute Gasteiger partial charge is 0.444 e. The van der Waals surface area contributed by atoms with Crippen LogP contribution in [0.2, 0.25) is 0 Å². The lowest BCUT2D eigenvalue weighted by Gasteiger charge is -2.19. The van der Waals surface area contributed by atoms with E-state index in [1.165, 1.54) is 0 Å². The van der Waals surface area contributed by atoms with Crippen LogP contribution in [-0.4, -0.2) is 27.0 Å². The van der Waals surface area contributed by atoms with Gasteiger partial charge in [-0.05, 0) is 51.1 Å². The second-order valence-corrected chi connectivity index (χ2v) is 7.09. The molecule has 0 atom stereocenters. The number of amides is 2. The number of carbonyl (C=O) groups is 2. The number of hydrogen-bond donors (Lipinski definition) is 2. The lowest BCUT2D eigenvalue weighted by atomic mass is 10.2. The standard InChI is InChI=1S/C20H22N4O3/c1-20(2,3)27-19(26)23-15-8-6-7-14(11-15)18(25)21-12-16-13-24-10-5-4-9-17(24)22-16/h4-11,13H,12H2,1-3H3,(H,21,25)(H,23,26). The number of nitrogens with one attached hydrogen (secondary N) is 2. The number of benzene rings is 1. The lowest BCUT2D eigenvalue weighted by Crippen LogP contribution is -2.27. The van der Waals surface area contributed by atoms with Crippen LogP contribution in [0.5, 0.6) is 0 Å². The molecule has 0 fully saturated rings. The van der Waals surface area contributed by atoms with E-state index in [1.54, 1.807) is 45.0 Å². The zero-order chi connectivity index (χ0) is 19.4. The molecule has 2 heterocycles.